The van der Waals surface area contributed by atoms with Gasteiger partial charge in [0.05, 0.1) is 45.5 Å². The standard InChI is InChI=1S/C100H93N5S8/c1-7-13-26-64(12-6)63-105-83-61-73(91-49-45-87(108-91)67-37-41-81-99(57-67)112-95-33-24-20-29-77(95)103(81)53-16-10-4)71(89-47-43-85(106-89)65-35-39-79-97(55-65)110-93-31-22-18-27-75(93)101(79)51-14-8-2)59-69(83)70-60-72(90-48-44-86(107-90)66-36-40-80-98(56-66)111-94-32-23-19-28-76(94)102(80)52-15-9-3)74(62-84(70)105)92-50-46-88(109-92)68-38-42-82-100(58-68)113-96-34-25-21-30-78(96)104(82)54-17-11-5/h18-25,27-50,55-62,64H,7-17,26,51-54,63H2,1-6H3. The first-order chi connectivity index (χ1) is 55.7. The van der Waals surface area contributed by atoms with Crippen molar-refractivity contribution in [1.29, 1.82) is 0 Å². The van der Waals surface area contributed by atoms with Gasteiger partial charge >= 0.3 is 0 Å². The Balaban J connectivity index is 0.789. The fourth-order valence-electron chi connectivity index (χ4n) is 17.1. The number of unbranched alkanes of at least 4 members (excludes halogenated alkanes) is 5. The maximum absolute atomic E-state index is 2.78. The van der Waals surface area contributed by atoms with Crippen LogP contribution in [0.2, 0.25) is 0 Å². The van der Waals surface area contributed by atoms with Crippen molar-refractivity contribution in [1.82, 2.24) is 4.57 Å². The molecule has 0 aliphatic carbocycles. The van der Waals surface area contributed by atoms with E-state index in [1.807, 2.05) is 92.4 Å². The highest BCUT2D eigenvalue weighted by Crippen LogP contribution is 2.57. The Morgan fingerprint density at radius 2 is 0.522 bits per heavy atom. The monoisotopic (exact) mass is 1620 g/mol. The average molecular weight is 1620 g/mol. The molecule has 1 unspecified atom stereocenters. The molecule has 19 rings (SSSR count). The average Bonchev–Trinajstić information content (AvgIpc) is 1.57. The summed E-state index contributed by atoms with van der Waals surface area (Å²) in [6, 6.07) is 94.8. The van der Waals surface area contributed by atoms with Crippen molar-refractivity contribution in [2.75, 3.05) is 45.8 Å². The molecule has 4 aliphatic rings. The minimum Gasteiger partial charge on any atom is -0.340 e. The minimum absolute atomic E-state index is 0.504. The van der Waals surface area contributed by atoms with Crippen molar-refractivity contribution in [2.24, 2.45) is 5.92 Å². The van der Waals surface area contributed by atoms with E-state index in [2.05, 4.69) is 308 Å². The summed E-state index contributed by atoms with van der Waals surface area (Å²) in [5, 5.41) is 2.62. The van der Waals surface area contributed by atoms with Crippen LogP contribution < -0.4 is 19.6 Å². The van der Waals surface area contributed by atoms with Crippen molar-refractivity contribution in [2.45, 2.75) is 164 Å². The van der Waals surface area contributed by atoms with Gasteiger partial charge in [0.2, 0.25) is 0 Å². The first-order valence-corrected chi connectivity index (χ1v) is 47.5. The van der Waals surface area contributed by atoms with Crippen LogP contribution in [0.3, 0.4) is 0 Å². The second kappa shape index (κ2) is 32.6. The van der Waals surface area contributed by atoms with Crippen molar-refractivity contribution in [3.05, 3.63) is 243 Å². The second-order valence-corrected chi connectivity index (χ2v) is 39.2. The molecule has 5 aromatic heterocycles. The Morgan fingerprint density at radius 1 is 0.257 bits per heavy atom. The molecule has 0 N–H and O–H groups in total. The molecule has 0 saturated carbocycles. The lowest BCUT2D eigenvalue weighted by molar-refractivity contribution is 0.401. The number of rotatable bonds is 26. The third kappa shape index (κ3) is 14.2. The summed E-state index contributed by atoms with van der Waals surface area (Å²) >= 11 is 15.4. The fraction of sp³-hybridized carbons (Fsp3) is 0.240. The Morgan fingerprint density at radius 3 is 0.805 bits per heavy atom. The molecule has 5 nitrogen and oxygen atoms in total. The van der Waals surface area contributed by atoms with E-state index in [4.69, 9.17) is 0 Å². The van der Waals surface area contributed by atoms with E-state index < -0.39 is 0 Å². The van der Waals surface area contributed by atoms with Gasteiger partial charge in [-0.1, -0.05) is 206 Å². The molecule has 9 heterocycles. The van der Waals surface area contributed by atoms with Crippen LogP contribution in [-0.4, -0.2) is 30.7 Å². The molecular formula is C100H93N5S8. The lowest BCUT2D eigenvalue weighted by atomic mass is 9.98. The highest BCUT2D eigenvalue weighted by molar-refractivity contribution is 8.00. The predicted molar refractivity (Wildman–Crippen MR) is 498 cm³/mol. The predicted octanol–water partition coefficient (Wildman–Crippen LogP) is 33.2. The molecule has 0 radical (unpaired) electrons. The Labute approximate surface area is 700 Å². The van der Waals surface area contributed by atoms with Crippen molar-refractivity contribution < 1.29 is 0 Å². The molecular weight excluding hydrogens is 1530 g/mol. The Bertz CT molecular complexity index is 5710. The molecule has 0 fully saturated rings. The van der Waals surface area contributed by atoms with Gasteiger partial charge in [0.25, 0.3) is 0 Å². The van der Waals surface area contributed by atoms with Crippen LogP contribution in [0.4, 0.5) is 45.5 Å². The summed E-state index contributed by atoms with van der Waals surface area (Å²) in [5.41, 5.74) is 23.3. The molecule has 0 saturated heterocycles. The number of hydrogen-bond acceptors (Lipinski definition) is 12. The highest BCUT2D eigenvalue weighted by Gasteiger charge is 2.31. The molecule has 113 heavy (non-hydrogen) atoms. The third-order valence-corrected chi connectivity index (χ3v) is 32.3. The van der Waals surface area contributed by atoms with E-state index in [0.29, 0.717) is 5.92 Å². The van der Waals surface area contributed by atoms with E-state index in [1.54, 1.807) is 0 Å². The quantitative estimate of drug-likeness (QED) is 0.0527. The number of para-hydroxylation sites is 4. The van der Waals surface area contributed by atoms with Gasteiger partial charge in [0.15, 0.2) is 0 Å². The lowest BCUT2D eigenvalue weighted by Gasteiger charge is -2.33. The number of anilines is 8. The molecule has 10 aromatic carbocycles. The van der Waals surface area contributed by atoms with Gasteiger partial charge in [-0.25, -0.2) is 0 Å². The first kappa shape index (κ1) is 74.5. The van der Waals surface area contributed by atoms with Gasteiger partial charge in [-0.15, -0.1) is 45.3 Å². The summed E-state index contributed by atoms with van der Waals surface area (Å²) in [7, 11) is 0. The SMILES string of the molecule is CCCCC(CC)Cn1c2cc(-c3ccc(-c4ccc5c(c4)Sc4ccccc4N5CCCC)s3)c(-c3ccc(-c4ccc5c(c4)Sc4ccccc4N5CCCC)s3)cc2c2cc(-c3ccc(-c4ccc5c(c4)Sc4ccccc4N5CCCC)s3)c(-c3ccc(-c4ccc5c(c4)Sc4ccccc4N5CCCC)s3)cc21. The van der Waals surface area contributed by atoms with Crippen LogP contribution >= 0.6 is 92.4 Å². The highest BCUT2D eigenvalue weighted by atomic mass is 32.2. The van der Waals surface area contributed by atoms with Gasteiger partial charge in [0, 0.05) is 155 Å². The summed E-state index contributed by atoms with van der Waals surface area (Å²) in [6.07, 6.45) is 13.9. The largest absolute Gasteiger partial charge is 0.340 e. The molecule has 1 atom stereocenters. The van der Waals surface area contributed by atoms with Gasteiger partial charge in [-0.05, 0) is 230 Å². The van der Waals surface area contributed by atoms with Crippen molar-refractivity contribution in [3.8, 4) is 83.5 Å². The van der Waals surface area contributed by atoms with E-state index in [-0.39, 0.29) is 0 Å². The Hall–Kier alpha value is -8.60. The number of nitrogens with zero attached hydrogens (tertiary/aromatic N) is 5. The van der Waals surface area contributed by atoms with Crippen molar-refractivity contribution in [3.63, 3.8) is 0 Å². The summed E-state index contributed by atoms with van der Waals surface area (Å²) in [5.74, 6) is 0.504. The molecule has 0 bridgehead atoms. The molecule has 13 heteroatoms. The molecule has 0 amide bonds. The van der Waals surface area contributed by atoms with Crippen LogP contribution in [0.1, 0.15) is 119 Å². The molecule has 566 valence electrons. The van der Waals surface area contributed by atoms with Gasteiger partial charge in [-0.3, -0.25) is 0 Å². The molecule has 4 aliphatic heterocycles. The number of hydrogen-bond donors (Lipinski definition) is 0. The maximum Gasteiger partial charge on any atom is 0.0553 e. The Kier molecular flexibility index (Phi) is 21.5. The molecule has 0 spiro atoms. The summed E-state index contributed by atoms with van der Waals surface area (Å²) < 4.78 is 2.78. The second-order valence-electron chi connectivity index (χ2n) is 30.5. The summed E-state index contributed by atoms with van der Waals surface area (Å²) in [6.45, 7) is 18.9. The van der Waals surface area contributed by atoms with E-state index >= 15 is 0 Å². The number of aromatic nitrogens is 1. The zero-order valence-electron chi connectivity index (χ0n) is 65.2. The van der Waals surface area contributed by atoms with E-state index in [9.17, 15) is 0 Å². The summed E-state index contributed by atoms with van der Waals surface area (Å²) in [4.78, 5) is 31.1. The fourth-order valence-corrected chi connectivity index (χ4v) is 25.8. The van der Waals surface area contributed by atoms with Gasteiger partial charge in [0.1, 0.15) is 0 Å². The molecule has 15 aromatic rings. The zero-order valence-corrected chi connectivity index (χ0v) is 71.7. The minimum atomic E-state index is 0.504. The topological polar surface area (TPSA) is 17.9 Å². The van der Waals surface area contributed by atoms with Crippen LogP contribution in [-0.2, 0) is 6.54 Å². The van der Waals surface area contributed by atoms with Crippen LogP contribution in [0.15, 0.2) is 282 Å². The smallest absolute Gasteiger partial charge is 0.0553 e. The van der Waals surface area contributed by atoms with Crippen LogP contribution in [0.5, 0.6) is 0 Å². The van der Waals surface area contributed by atoms with Gasteiger partial charge < -0.3 is 24.2 Å². The lowest BCUT2D eigenvalue weighted by Crippen LogP contribution is -2.21. The zero-order chi connectivity index (χ0) is 76.2. The number of fused-ring (bicyclic) bond motifs is 11. The van der Waals surface area contributed by atoms with Crippen LogP contribution in [0.25, 0.3) is 105 Å². The third-order valence-electron chi connectivity index (χ3n) is 23.2. The normalized spacial score (nSPS) is 13.6. The van der Waals surface area contributed by atoms with Gasteiger partial charge in [-0.2, -0.15) is 0 Å². The van der Waals surface area contributed by atoms with E-state index in [1.165, 1.54) is 209 Å². The number of thiophene rings is 4. The van der Waals surface area contributed by atoms with Crippen molar-refractivity contribution >= 4 is 160 Å². The first-order valence-electron chi connectivity index (χ1n) is 41.0. The van der Waals surface area contributed by atoms with E-state index in [0.717, 1.165) is 90.5 Å². The van der Waals surface area contributed by atoms with Crippen LogP contribution in [0, 0.1) is 5.92 Å². The maximum atomic E-state index is 2.78. The number of benzene rings is 10.